The van der Waals surface area contributed by atoms with Gasteiger partial charge in [-0.2, -0.15) is 0 Å². The first kappa shape index (κ1) is 14.3. The maximum Gasteiger partial charge on any atom is 0.238 e. The van der Waals surface area contributed by atoms with E-state index in [4.69, 9.17) is 20.3 Å². The molecule has 1 unspecified atom stereocenters. The van der Waals surface area contributed by atoms with Crippen LogP contribution < -0.4 is 20.5 Å². The number of ether oxygens (including phenoxy) is 2. The van der Waals surface area contributed by atoms with Gasteiger partial charge in [0.1, 0.15) is 12.6 Å². The molecule has 1 atom stereocenters. The Morgan fingerprint density at radius 2 is 2.22 bits per heavy atom. The van der Waals surface area contributed by atoms with Crippen LogP contribution in [0.15, 0.2) is 18.2 Å². The molecule has 0 heterocycles. The molecule has 0 aliphatic heterocycles. The second kappa shape index (κ2) is 6.83. The molecule has 100 valence electrons. The van der Waals surface area contributed by atoms with E-state index in [2.05, 4.69) is 5.32 Å². The highest BCUT2D eigenvalue weighted by molar-refractivity contribution is 5.80. The van der Waals surface area contributed by atoms with Gasteiger partial charge in [0.2, 0.25) is 5.91 Å². The summed E-state index contributed by atoms with van der Waals surface area (Å²) in [7, 11) is 3.14. The highest BCUT2D eigenvalue weighted by Crippen LogP contribution is 2.28. The lowest BCUT2D eigenvalue weighted by Crippen LogP contribution is -2.43. The third kappa shape index (κ3) is 3.61. The number of methoxy groups -OCH3 is 1. The number of nitrogens with one attached hydrogen (secondary N) is 1. The van der Waals surface area contributed by atoms with E-state index in [1.54, 1.807) is 25.2 Å². The van der Waals surface area contributed by atoms with Gasteiger partial charge in [0, 0.05) is 0 Å². The molecule has 1 amide bonds. The summed E-state index contributed by atoms with van der Waals surface area (Å²) in [5.41, 5.74) is 5.90. The van der Waals surface area contributed by atoms with Gasteiger partial charge in [0.15, 0.2) is 11.5 Å². The van der Waals surface area contributed by atoms with E-state index in [-0.39, 0.29) is 13.2 Å². The predicted octanol–water partition coefficient (Wildman–Crippen LogP) is -0.360. The Bertz CT molecular complexity index is 409. The number of nitrogens with two attached hydrogens (primary N) is 1. The first-order chi connectivity index (χ1) is 8.62. The molecule has 0 aliphatic carbocycles. The number of carbonyl (C=O) groups is 1. The summed E-state index contributed by atoms with van der Waals surface area (Å²) in [5, 5.41) is 11.8. The zero-order valence-electron chi connectivity index (χ0n) is 10.5. The molecule has 0 spiro atoms. The largest absolute Gasteiger partial charge is 0.493 e. The third-order valence-corrected chi connectivity index (χ3v) is 2.51. The van der Waals surface area contributed by atoms with Crippen molar-refractivity contribution >= 4 is 5.91 Å². The number of carbonyl (C=O) groups excluding carboxylic acids is 1. The van der Waals surface area contributed by atoms with Gasteiger partial charge < -0.3 is 25.6 Å². The fourth-order valence-electron chi connectivity index (χ4n) is 1.41. The maximum atomic E-state index is 11.0. The normalized spacial score (nSPS) is 11.9. The van der Waals surface area contributed by atoms with E-state index in [0.29, 0.717) is 11.5 Å². The summed E-state index contributed by atoms with van der Waals surface area (Å²) in [6.07, 6.45) is 0. The molecule has 0 fully saturated rings. The maximum absolute atomic E-state index is 11.0. The van der Waals surface area contributed by atoms with Gasteiger partial charge in [0.05, 0.1) is 13.7 Å². The lowest BCUT2D eigenvalue weighted by Gasteiger charge is -2.15. The molecule has 0 radical (unpaired) electrons. The minimum atomic E-state index is -0.563. The van der Waals surface area contributed by atoms with Crippen molar-refractivity contribution in [3.05, 3.63) is 23.8 Å². The molecule has 0 aliphatic rings. The Balaban J connectivity index is 2.75. The molecule has 1 aromatic rings. The standard InChI is InChI=1S/C12H18N2O4/c1-14-9(12(13)16)7-18-10-4-3-8(6-15)5-11(10)17-2/h3-5,9,14-15H,6-7H2,1-2H3,(H2,13,16). The van der Waals surface area contributed by atoms with Crippen LogP contribution in [-0.2, 0) is 11.4 Å². The molecule has 0 saturated heterocycles. The fraction of sp³-hybridized carbons (Fsp3) is 0.417. The molecule has 6 nitrogen and oxygen atoms in total. The van der Waals surface area contributed by atoms with Gasteiger partial charge >= 0.3 is 0 Å². The predicted molar refractivity (Wildman–Crippen MR) is 66.5 cm³/mol. The zero-order chi connectivity index (χ0) is 13.5. The van der Waals surface area contributed by atoms with Crippen molar-refractivity contribution in [3.63, 3.8) is 0 Å². The number of likely N-dealkylation sites (N-methyl/N-ethyl adjacent to an activating group) is 1. The second-order valence-electron chi connectivity index (χ2n) is 3.70. The Kier molecular flexibility index (Phi) is 5.41. The summed E-state index contributed by atoms with van der Waals surface area (Å²) < 4.78 is 10.6. The van der Waals surface area contributed by atoms with E-state index in [9.17, 15) is 4.79 Å². The minimum Gasteiger partial charge on any atom is -0.493 e. The van der Waals surface area contributed by atoms with Gasteiger partial charge in [-0.1, -0.05) is 6.07 Å². The van der Waals surface area contributed by atoms with Crippen LogP contribution in [0, 0.1) is 0 Å². The summed E-state index contributed by atoms with van der Waals surface area (Å²) in [4.78, 5) is 11.0. The minimum absolute atomic E-state index is 0.0724. The van der Waals surface area contributed by atoms with Crippen LogP contribution in [0.2, 0.25) is 0 Å². The van der Waals surface area contributed by atoms with Gasteiger partial charge in [-0.15, -0.1) is 0 Å². The Morgan fingerprint density at radius 1 is 1.50 bits per heavy atom. The van der Waals surface area contributed by atoms with Crippen molar-refractivity contribution in [2.75, 3.05) is 20.8 Å². The molecular weight excluding hydrogens is 236 g/mol. The zero-order valence-corrected chi connectivity index (χ0v) is 10.5. The topological polar surface area (TPSA) is 93.8 Å². The van der Waals surface area contributed by atoms with Crippen LogP contribution in [0.1, 0.15) is 5.56 Å². The number of aliphatic hydroxyl groups is 1. The molecule has 0 aromatic heterocycles. The number of rotatable bonds is 7. The lowest BCUT2D eigenvalue weighted by atomic mass is 10.2. The van der Waals surface area contributed by atoms with Gasteiger partial charge in [-0.25, -0.2) is 0 Å². The monoisotopic (exact) mass is 254 g/mol. The number of amides is 1. The van der Waals surface area contributed by atoms with Gasteiger partial charge in [-0.3, -0.25) is 4.79 Å². The van der Waals surface area contributed by atoms with E-state index in [1.807, 2.05) is 0 Å². The Hall–Kier alpha value is -1.79. The first-order valence-corrected chi connectivity index (χ1v) is 5.49. The number of aliphatic hydroxyl groups excluding tert-OH is 1. The first-order valence-electron chi connectivity index (χ1n) is 5.49. The second-order valence-corrected chi connectivity index (χ2v) is 3.70. The third-order valence-electron chi connectivity index (χ3n) is 2.51. The van der Waals surface area contributed by atoms with Crippen molar-refractivity contribution in [3.8, 4) is 11.5 Å². The molecule has 0 bridgehead atoms. The van der Waals surface area contributed by atoms with Crippen LogP contribution >= 0.6 is 0 Å². The van der Waals surface area contributed by atoms with Crippen molar-refractivity contribution in [2.24, 2.45) is 5.73 Å². The molecular formula is C12H18N2O4. The van der Waals surface area contributed by atoms with Crippen molar-refractivity contribution < 1.29 is 19.4 Å². The van der Waals surface area contributed by atoms with E-state index >= 15 is 0 Å². The van der Waals surface area contributed by atoms with Crippen LogP contribution in [0.4, 0.5) is 0 Å². The summed E-state index contributed by atoms with van der Waals surface area (Å²) in [6, 6.07) is 4.51. The number of hydrogen-bond donors (Lipinski definition) is 3. The van der Waals surface area contributed by atoms with E-state index in [0.717, 1.165) is 5.56 Å². The average Bonchev–Trinajstić information content (AvgIpc) is 2.39. The Morgan fingerprint density at radius 3 is 2.72 bits per heavy atom. The quantitative estimate of drug-likeness (QED) is 0.618. The number of hydrogen-bond acceptors (Lipinski definition) is 5. The van der Waals surface area contributed by atoms with E-state index in [1.165, 1.54) is 7.11 Å². The summed E-state index contributed by atoms with van der Waals surface area (Å²) in [5.74, 6) is 0.514. The van der Waals surface area contributed by atoms with Gasteiger partial charge in [0.25, 0.3) is 0 Å². The molecule has 4 N–H and O–H groups in total. The van der Waals surface area contributed by atoms with Crippen molar-refractivity contribution in [1.82, 2.24) is 5.32 Å². The highest BCUT2D eigenvalue weighted by Gasteiger charge is 2.14. The van der Waals surface area contributed by atoms with Crippen LogP contribution in [0.3, 0.4) is 0 Å². The fourth-order valence-corrected chi connectivity index (χ4v) is 1.41. The molecule has 0 saturated carbocycles. The summed E-state index contributed by atoms with van der Waals surface area (Å²) >= 11 is 0. The van der Waals surface area contributed by atoms with E-state index < -0.39 is 11.9 Å². The number of primary amides is 1. The van der Waals surface area contributed by atoms with Crippen molar-refractivity contribution in [1.29, 1.82) is 0 Å². The van der Waals surface area contributed by atoms with Gasteiger partial charge in [-0.05, 0) is 24.7 Å². The molecule has 18 heavy (non-hydrogen) atoms. The van der Waals surface area contributed by atoms with Crippen molar-refractivity contribution in [2.45, 2.75) is 12.6 Å². The lowest BCUT2D eigenvalue weighted by molar-refractivity contribution is -0.120. The van der Waals surface area contributed by atoms with Crippen LogP contribution in [-0.4, -0.2) is 37.8 Å². The molecule has 1 aromatic carbocycles. The SMILES string of the molecule is CNC(COc1ccc(CO)cc1OC)C(N)=O. The molecule has 1 rings (SSSR count). The Labute approximate surface area is 106 Å². The van der Waals surface area contributed by atoms with Crippen LogP contribution in [0.25, 0.3) is 0 Å². The average molecular weight is 254 g/mol. The van der Waals surface area contributed by atoms with Crippen LogP contribution in [0.5, 0.6) is 11.5 Å². The molecule has 6 heteroatoms. The highest BCUT2D eigenvalue weighted by atomic mass is 16.5. The summed E-state index contributed by atoms with van der Waals surface area (Å²) in [6.45, 7) is 0.0394. The number of benzene rings is 1. The smallest absolute Gasteiger partial charge is 0.238 e.